The second-order valence-electron chi connectivity index (χ2n) is 8.32. The maximum absolute atomic E-state index is 13.3. The SMILES string of the molecule is CCn1nc(C)cc1C(=O)NCC[C@H](Cc1ccccc1)N(C)C(=O)c1cc2ccoc2cn1. The normalized spacial score (nSPS) is 12.0. The number of nitrogens with zero attached hydrogens (tertiary/aromatic N) is 4. The van der Waals surface area contributed by atoms with Crippen molar-refractivity contribution in [2.75, 3.05) is 13.6 Å². The molecule has 4 aromatic rings. The first-order valence-corrected chi connectivity index (χ1v) is 11.4. The Kier molecular flexibility index (Phi) is 7.06. The molecule has 1 atom stereocenters. The molecule has 1 aromatic carbocycles. The van der Waals surface area contributed by atoms with Crippen LogP contribution in [0.15, 0.2) is 65.4 Å². The van der Waals surface area contributed by atoms with Crippen molar-refractivity contribution < 1.29 is 14.0 Å². The van der Waals surface area contributed by atoms with Gasteiger partial charge in [-0.2, -0.15) is 5.10 Å². The molecule has 1 N–H and O–H groups in total. The number of aromatic nitrogens is 3. The Balaban J connectivity index is 1.47. The van der Waals surface area contributed by atoms with E-state index in [2.05, 4.69) is 15.4 Å². The molecule has 3 heterocycles. The molecule has 0 spiro atoms. The van der Waals surface area contributed by atoms with E-state index in [0.29, 0.717) is 42.9 Å². The van der Waals surface area contributed by atoms with Crippen molar-refractivity contribution in [3.63, 3.8) is 0 Å². The van der Waals surface area contributed by atoms with Crippen LogP contribution in [0.4, 0.5) is 0 Å². The first-order chi connectivity index (χ1) is 16.5. The van der Waals surface area contributed by atoms with Gasteiger partial charge in [-0.1, -0.05) is 30.3 Å². The zero-order chi connectivity index (χ0) is 24.1. The summed E-state index contributed by atoms with van der Waals surface area (Å²) in [6.07, 6.45) is 4.41. The highest BCUT2D eigenvalue weighted by molar-refractivity contribution is 5.95. The number of hydrogen-bond acceptors (Lipinski definition) is 5. The van der Waals surface area contributed by atoms with E-state index in [4.69, 9.17) is 4.42 Å². The molecule has 2 amide bonds. The summed E-state index contributed by atoms with van der Waals surface area (Å²) in [6, 6.07) is 15.2. The molecule has 0 saturated heterocycles. The summed E-state index contributed by atoms with van der Waals surface area (Å²) in [5.74, 6) is -0.336. The fraction of sp³-hybridized carbons (Fsp3) is 0.308. The molecule has 176 valence electrons. The Morgan fingerprint density at radius 2 is 1.97 bits per heavy atom. The average Bonchev–Trinajstić information content (AvgIpc) is 3.48. The molecule has 4 rings (SSSR count). The number of nitrogens with one attached hydrogen (secondary N) is 1. The van der Waals surface area contributed by atoms with E-state index in [9.17, 15) is 9.59 Å². The second-order valence-corrected chi connectivity index (χ2v) is 8.32. The summed E-state index contributed by atoms with van der Waals surface area (Å²) >= 11 is 0. The topological polar surface area (TPSA) is 93.3 Å². The van der Waals surface area contributed by atoms with Gasteiger partial charge in [-0.25, -0.2) is 4.98 Å². The molecule has 0 aliphatic rings. The second kappa shape index (κ2) is 10.3. The van der Waals surface area contributed by atoms with Crippen LogP contribution in [0.1, 0.15) is 45.6 Å². The molecule has 8 heteroatoms. The van der Waals surface area contributed by atoms with Crippen LogP contribution in [0.2, 0.25) is 0 Å². The van der Waals surface area contributed by atoms with Gasteiger partial charge in [-0.05, 0) is 50.5 Å². The lowest BCUT2D eigenvalue weighted by Crippen LogP contribution is -2.41. The lowest BCUT2D eigenvalue weighted by Gasteiger charge is -2.28. The standard InChI is InChI=1S/C26H29N5O3/c1-4-31-23(14-18(2)29-31)25(32)27-12-10-21(15-19-8-6-5-7-9-19)30(3)26(33)22-16-20-11-13-34-24(20)17-28-22/h5-9,11,13-14,16-17,21H,4,10,12,15H2,1-3H3,(H,27,32)/t21-/m1/s1. The molecule has 0 unspecified atom stereocenters. The monoisotopic (exact) mass is 459 g/mol. The van der Waals surface area contributed by atoms with Gasteiger partial charge in [-0.15, -0.1) is 0 Å². The van der Waals surface area contributed by atoms with Gasteiger partial charge in [0.25, 0.3) is 11.8 Å². The molecule has 0 fully saturated rings. The molecule has 0 bridgehead atoms. The predicted octanol–water partition coefficient (Wildman–Crippen LogP) is 3.86. The summed E-state index contributed by atoms with van der Waals surface area (Å²) in [6.45, 7) is 4.87. The Hall–Kier alpha value is -3.94. The maximum Gasteiger partial charge on any atom is 0.272 e. The number of carbonyl (C=O) groups is 2. The lowest BCUT2D eigenvalue weighted by atomic mass is 10.0. The fourth-order valence-electron chi connectivity index (χ4n) is 4.06. The van der Waals surface area contributed by atoms with Crippen LogP contribution < -0.4 is 5.32 Å². The largest absolute Gasteiger partial charge is 0.463 e. The third-order valence-electron chi connectivity index (χ3n) is 5.94. The van der Waals surface area contributed by atoms with Crippen LogP contribution in [0.5, 0.6) is 0 Å². The molecule has 0 aliphatic carbocycles. The Labute approximate surface area is 198 Å². The number of pyridine rings is 1. The Bertz CT molecular complexity index is 1280. The van der Waals surface area contributed by atoms with Crippen molar-refractivity contribution in [2.24, 2.45) is 0 Å². The highest BCUT2D eigenvalue weighted by Gasteiger charge is 2.23. The highest BCUT2D eigenvalue weighted by atomic mass is 16.3. The minimum Gasteiger partial charge on any atom is -0.463 e. The third kappa shape index (κ3) is 5.17. The van der Waals surface area contributed by atoms with Crippen LogP contribution in [0.3, 0.4) is 0 Å². The van der Waals surface area contributed by atoms with Crippen LogP contribution in [0, 0.1) is 6.92 Å². The van der Waals surface area contributed by atoms with E-state index in [0.717, 1.165) is 16.6 Å². The van der Waals surface area contributed by atoms with Gasteiger partial charge in [0.05, 0.1) is 18.2 Å². The number of likely N-dealkylation sites (N-methyl/N-ethyl adjacent to an activating group) is 1. The summed E-state index contributed by atoms with van der Waals surface area (Å²) in [7, 11) is 1.79. The highest BCUT2D eigenvalue weighted by Crippen LogP contribution is 2.18. The van der Waals surface area contributed by atoms with Gasteiger partial charge in [0, 0.05) is 31.6 Å². The fourth-order valence-corrected chi connectivity index (χ4v) is 4.06. The summed E-state index contributed by atoms with van der Waals surface area (Å²) in [5, 5.41) is 8.17. The number of fused-ring (bicyclic) bond motifs is 1. The third-order valence-corrected chi connectivity index (χ3v) is 5.94. The number of hydrogen-bond donors (Lipinski definition) is 1. The molecular weight excluding hydrogens is 430 g/mol. The van der Waals surface area contributed by atoms with Crippen LogP contribution in [-0.2, 0) is 13.0 Å². The Morgan fingerprint density at radius 1 is 1.18 bits per heavy atom. The van der Waals surface area contributed by atoms with Gasteiger partial charge >= 0.3 is 0 Å². The van der Waals surface area contributed by atoms with Crippen LogP contribution >= 0.6 is 0 Å². The maximum atomic E-state index is 13.3. The molecule has 8 nitrogen and oxygen atoms in total. The van der Waals surface area contributed by atoms with E-state index < -0.39 is 0 Å². The molecule has 3 aromatic heterocycles. The number of amides is 2. The molecule has 34 heavy (non-hydrogen) atoms. The van der Waals surface area contributed by atoms with Gasteiger partial charge in [-0.3, -0.25) is 14.3 Å². The smallest absolute Gasteiger partial charge is 0.272 e. The van der Waals surface area contributed by atoms with Crippen molar-refractivity contribution in [3.05, 3.63) is 83.6 Å². The summed E-state index contributed by atoms with van der Waals surface area (Å²) in [5.41, 5.74) is 3.48. The minimum atomic E-state index is -0.171. The molecule has 0 radical (unpaired) electrons. The predicted molar refractivity (Wildman–Crippen MR) is 130 cm³/mol. The Morgan fingerprint density at radius 3 is 2.74 bits per heavy atom. The lowest BCUT2D eigenvalue weighted by molar-refractivity contribution is 0.0717. The number of furan rings is 1. The number of rotatable bonds is 9. The van der Waals surface area contributed by atoms with Crippen LogP contribution in [0.25, 0.3) is 11.0 Å². The van der Waals surface area contributed by atoms with Crippen molar-refractivity contribution in [1.29, 1.82) is 0 Å². The van der Waals surface area contributed by atoms with Crippen molar-refractivity contribution in [2.45, 2.75) is 39.3 Å². The number of aryl methyl sites for hydroxylation is 2. The average molecular weight is 460 g/mol. The van der Waals surface area contributed by atoms with E-state index >= 15 is 0 Å². The van der Waals surface area contributed by atoms with E-state index in [-0.39, 0.29) is 17.9 Å². The van der Waals surface area contributed by atoms with Crippen molar-refractivity contribution in [1.82, 2.24) is 25.0 Å². The first-order valence-electron chi connectivity index (χ1n) is 11.4. The van der Waals surface area contributed by atoms with Gasteiger partial charge in [0.2, 0.25) is 0 Å². The zero-order valence-electron chi connectivity index (χ0n) is 19.7. The van der Waals surface area contributed by atoms with Gasteiger partial charge in [0.1, 0.15) is 11.4 Å². The number of carbonyl (C=O) groups excluding carboxylic acids is 2. The van der Waals surface area contributed by atoms with Crippen molar-refractivity contribution in [3.8, 4) is 0 Å². The van der Waals surface area contributed by atoms with E-state index in [1.807, 2.05) is 50.2 Å². The van der Waals surface area contributed by atoms with E-state index in [1.165, 1.54) is 0 Å². The van der Waals surface area contributed by atoms with Crippen LogP contribution in [-0.4, -0.2) is 51.1 Å². The first kappa shape index (κ1) is 23.2. The van der Waals surface area contributed by atoms with Gasteiger partial charge in [0.15, 0.2) is 5.58 Å². The number of benzene rings is 1. The minimum absolute atomic E-state index is 0.130. The van der Waals surface area contributed by atoms with E-state index in [1.54, 1.807) is 41.2 Å². The summed E-state index contributed by atoms with van der Waals surface area (Å²) in [4.78, 5) is 32.0. The summed E-state index contributed by atoms with van der Waals surface area (Å²) < 4.78 is 7.03. The molecule has 0 aliphatic heterocycles. The molecular formula is C26H29N5O3. The van der Waals surface area contributed by atoms with Gasteiger partial charge < -0.3 is 14.6 Å². The van der Waals surface area contributed by atoms with Crippen molar-refractivity contribution >= 4 is 22.8 Å². The molecule has 0 saturated carbocycles. The zero-order valence-corrected chi connectivity index (χ0v) is 19.7. The quantitative estimate of drug-likeness (QED) is 0.410.